The van der Waals surface area contributed by atoms with Crippen molar-refractivity contribution >= 4 is 23.2 Å². The van der Waals surface area contributed by atoms with Crippen molar-refractivity contribution in [3.8, 4) is 0 Å². The summed E-state index contributed by atoms with van der Waals surface area (Å²) in [5, 5.41) is 10.0. The fourth-order valence-electron chi connectivity index (χ4n) is 2.66. The summed E-state index contributed by atoms with van der Waals surface area (Å²) in [5.74, 6) is -0.0388. The van der Waals surface area contributed by atoms with Crippen molar-refractivity contribution in [2.24, 2.45) is 7.05 Å². The van der Waals surface area contributed by atoms with Crippen LogP contribution in [0.3, 0.4) is 0 Å². The predicted octanol–water partition coefficient (Wildman–Crippen LogP) is 2.34. The molecule has 6 heteroatoms. The number of quaternary nitrogens is 1. The summed E-state index contributed by atoms with van der Waals surface area (Å²) in [6.07, 6.45) is 0. The third kappa shape index (κ3) is 3.92. The van der Waals surface area contributed by atoms with Crippen LogP contribution < -0.4 is 10.6 Å². The highest BCUT2D eigenvalue weighted by Gasteiger charge is 2.23. The van der Waals surface area contributed by atoms with Crippen LogP contribution in [0.15, 0.2) is 24.3 Å². The molecule has 0 saturated carbocycles. The Balaban J connectivity index is 2.04. The molecule has 5 nitrogen and oxygen atoms in total. The molecule has 0 unspecified atom stereocenters. The number of nitrogens with one attached hydrogen (secondary N) is 1. The van der Waals surface area contributed by atoms with E-state index in [4.69, 9.17) is 11.6 Å². The summed E-state index contributed by atoms with van der Waals surface area (Å²) in [6.45, 7) is 7.77. The quantitative estimate of drug-likeness (QED) is 0.881. The van der Waals surface area contributed by atoms with Crippen molar-refractivity contribution in [1.29, 1.82) is 0 Å². The first-order valence-electron chi connectivity index (χ1n) is 7.71. The lowest BCUT2D eigenvalue weighted by molar-refractivity contribution is -0.709. The first-order chi connectivity index (χ1) is 10.8. The molecule has 0 spiro atoms. The van der Waals surface area contributed by atoms with E-state index in [0.29, 0.717) is 0 Å². The molecule has 0 aliphatic rings. The lowest BCUT2D eigenvalue weighted by Gasteiger charge is -2.17. The Morgan fingerprint density at radius 1 is 1.30 bits per heavy atom. The maximum absolute atomic E-state index is 12.5. The molecule has 0 bridgehead atoms. The molecule has 2 atom stereocenters. The van der Waals surface area contributed by atoms with Crippen LogP contribution in [0, 0.1) is 13.8 Å². The Labute approximate surface area is 142 Å². The van der Waals surface area contributed by atoms with Crippen molar-refractivity contribution in [1.82, 2.24) is 9.78 Å². The highest BCUT2D eigenvalue weighted by molar-refractivity contribution is 6.31. The van der Waals surface area contributed by atoms with E-state index in [1.165, 1.54) is 0 Å². The van der Waals surface area contributed by atoms with Crippen molar-refractivity contribution in [3.05, 3.63) is 46.2 Å². The van der Waals surface area contributed by atoms with Crippen LogP contribution in [0.1, 0.15) is 36.8 Å². The van der Waals surface area contributed by atoms with Gasteiger partial charge in [-0.25, -0.2) is 0 Å². The normalized spacial score (nSPS) is 13.7. The molecule has 3 N–H and O–H groups in total. The summed E-state index contributed by atoms with van der Waals surface area (Å²) in [6, 6.07) is 7.58. The van der Waals surface area contributed by atoms with E-state index in [2.05, 4.69) is 10.4 Å². The molecule has 0 aliphatic carbocycles. The van der Waals surface area contributed by atoms with Gasteiger partial charge in [-0.15, -0.1) is 0 Å². The zero-order chi connectivity index (χ0) is 17.1. The molecule has 1 aromatic carbocycles. The first-order valence-corrected chi connectivity index (χ1v) is 8.09. The van der Waals surface area contributed by atoms with Gasteiger partial charge in [-0.1, -0.05) is 29.8 Å². The summed E-state index contributed by atoms with van der Waals surface area (Å²) in [7, 11) is 1.87. The van der Waals surface area contributed by atoms with Crippen LogP contribution >= 0.6 is 11.6 Å². The number of aryl methyl sites for hydroxylation is 2. The van der Waals surface area contributed by atoms with Crippen molar-refractivity contribution in [3.63, 3.8) is 0 Å². The van der Waals surface area contributed by atoms with E-state index in [-0.39, 0.29) is 18.0 Å². The molecule has 1 aromatic heterocycles. The third-order valence-electron chi connectivity index (χ3n) is 4.14. The number of benzene rings is 1. The number of hydrogen-bond acceptors (Lipinski definition) is 2. The average Bonchev–Trinajstić information content (AvgIpc) is 2.73. The SMILES string of the molecule is Cc1nn(C)c(C)c1NC(=O)[C@H](C)[NH2+][C@H](C)c1ccccc1Cl. The van der Waals surface area contributed by atoms with Gasteiger partial charge in [-0.3, -0.25) is 9.48 Å². The maximum Gasteiger partial charge on any atom is 0.282 e. The minimum atomic E-state index is -0.236. The number of carbonyl (C=O) groups is 1. The van der Waals surface area contributed by atoms with Gasteiger partial charge in [0.25, 0.3) is 5.91 Å². The highest BCUT2D eigenvalue weighted by atomic mass is 35.5. The molecular formula is C17H24ClN4O+. The fourth-order valence-corrected chi connectivity index (χ4v) is 2.97. The van der Waals surface area contributed by atoms with Crippen LogP contribution in [0.4, 0.5) is 5.69 Å². The Morgan fingerprint density at radius 2 is 1.96 bits per heavy atom. The number of hydrogen-bond donors (Lipinski definition) is 2. The van der Waals surface area contributed by atoms with Crippen LogP contribution in [0.5, 0.6) is 0 Å². The summed E-state index contributed by atoms with van der Waals surface area (Å²) in [5.41, 5.74) is 3.60. The standard InChI is InChI=1S/C17H23ClN4O/c1-10(14-8-6-7-9-15(14)18)19-12(3)17(23)20-16-11(2)21-22(5)13(16)4/h6-10,12,19H,1-5H3,(H,20,23)/p+1/t10-,12+/m1/s1. The van der Waals surface area contributed by atoms with Gasteiger partial charge in [0.2, 0.25) is 0 Å². The number of amides is 1. The fraction of sp³-hybridized carbons (Fsp3) is 0.412. The second-order valence-electron chi connectivity index (χ2n) is 5.95. The minimum absolute atomic E-state index is 0.0388. The number of anilines is 1. The Bertz CT molecular complexity index is 711. The number of aromatic nitrogens is 2. The first kappa shape index (κ1) is 17.5. The molecule has 0 radical (unpaired) electrons. The van der Waals surface area contributed by atoms with Gasteiger partial charge >= 0.3 is 0 Å². The van der Waals surface area contributed by atoms with Gasteiger partial charge in [0.05, 0.1) is 17.1 Å². The van der Waals surface area contributed by atoms with Crippen LogP contribution in [-0.4, -0.2) is 21.7 Å². The van der Waals surface area contributed by atoms with Gasteiger partial charge in [-0.2, -0.15) is 5.10 Å². The van der Waals surface area contributed by atoms with Gasteiger partial charge in [-0.05, 0) is 33.8 Å². The monoisotopic (exact) mass is 335 g/mol. The van der Waals surface area contributed by atoms with Crippen LogP contribution in [0.2, 0.25) is 5.02 Å². The molecule has 23 heavy (non-hydrogen) atoms. The zero-order valence-corrected chi connectivity index (χ0v) is 15.0. The van der Waals surface area contributed by atoms with Crippen molar-refractivity contribution in [2.75, 3.05) is 5.32 Å². The van der Waals surface area contributed by atoms with Gasteiger partial charge in [0.1, 0.15) is 6.04 Å². The van der Waals surface area contributed by atoms with E-state index in [0.717, 1.165) is 27.7 Å². The van der Waals surface area contributed by atoms with E-state index < -0.39 is 0 Å². The molecule has 0 aliphatic heterocycles. The van der Waals surface area contributed by atoms with Crippen molar-refractivity contribution in [2.45, 2.75) is 39.8 Å². The second kappa shape index (κ2) is 7.15. The van der Waals surface area contributed by atoms with Gasteiger partial charge < -0.3 is 10.6 Å². The van der Waals surface area contributed by atoms with E-state index in [1.807, 2.05) is 64.3 Å². The minimum Gasteiger partial charge on any atom is -0.330 e. The third-order valence-corrected chi connectivity index (χ3v) is 4.49. The molecule has 1 amide bonds. The number of carbonyl (C=O) groups excluding carboxylic acids is 1. The lowest BCUT2D eigenvalue weighted by Crippen LogP contribution is -2.91. The van der Waals surface area contributed by atoms with Crippen LogP contribution in [0.25, 0.3) is 0 Å². The topological polar surface area (TPSA) is 63.5 Å². The Morgan fingerprint density at radius 3 is 2.52 bits per heavy atom. The number of halogens is 1. The molecule has 2 rings (SSSR count). The molecule has 2 aromatic rings. The van der Waals surface area contributed by atoms with E-state index >= 15 is 0 Å². The second-order valence-corrected chi connectivity index (χ2v) is 6.36. The summed E-state index contributed by atoms with van der Waals surface area (Å²) < 4.78 is 1.77. The van der Waals surface area contributed by atoms with Crippen molar-refractivity contribution < 1.29 is 10.1 Å². The summed E-state index contributed by atoms with van der Waals surface area (Å²) in [4.78, 5) is 12.5. The number of rotatable bonds is 5. The molecule has 0 saturated heterocycles. The lowest BCUT2D eigenvalue weighted by atomic mass is 10.1. The Hall–Kier alpha value is -1.85. The number of nitrogens with zero attached hydrogens (tertiary/aromatic N) is 2. The van der Waals surface area contributed by atoms with Gasteiger partial charge in [0.15, 0.2) is 6.04 Å². The highest BCUT2D eigenvalue weighted by Crippen LogP contribution is 2.20. The molecular weight excluding hydrogens is 312 g/mol. The van der Waals surface area contributed by atoms with Crippen LogP contribution in [-0.2, 0) is 11.8 Å². The smallest absolute Gasteiger partial charge is 0.282 e. The number of nitrogens with two attached hydrogens (primary N) is 1. The zero-order valence-electron chi connectivity index (χ0n) is 14.2. The largest absolute Gasteiger partial charge is 0.330 e. The molecule has 0 fully saturated rings. The van der Waals surface area contributed by atoms with E-state index in [1.54, 1.807) is 4.68 Å². The summed E-state index contributed by atoms with van der Waals surface area (Å²) >= 11 is 6.22. The maximum atomic E-state index is 12.5. The molecule has 124 valence electrons. The van der Waals surface area contributed by atoms with Gasteiger partial charge in [0, 0.05) is 17.6 Å². The molecule has 1 heterocycles. The average molecular weight is 336 g/mol. The predicted molar refractivity (Wildman–Crippen MR) is 92.6 cm³/mol. The Kier molecular flexibility index (Phi) is 5.44. The van der Waals surface area contributed by atoms with E-state index in [9.17, 15) is 4.79 Å².